The van der Waals surface area contributed by atoms with E-state index in [-0.39, 0.29) is 17.9 Å². The Morgan fingerprint density at radius 3 is 2.59 bits per heavy atom. The molecule has 3 aromatic rings. The molecular formula is C24H19F3N4O3. The van der Waals surface area contributed by atoms with Crippen LogP contribution >= 0.6 is 0 Å². The molecule has 0 spiro atoms. The number of ether oxygens (including phenoxy) is 1. The van der Waals surface area contributed by atoms with Crippen LogP contribution in [-0.2, 0) is 15.8 Å². The van der Waals surface area contributed by atoms with Crippen molar-refractivity contribution in [2.75, 3.05) is 23.9 Å². The van der Waals surface area contributed by atoms with E-state index in [1.165, 1.54) is 23.2 Å². The summed E-state index contributed by atoms with van der Waals surface area (Å²) in [5, 5.41) is 2.42. The number of amides is 2. The van der Waals surface area contributed by atoms with Gasteiger partial charge in [0, 0.05) is 11.9 Å². The number of aromatic nitrogens is 1. The molecule has 2 aromatic carbocycles. The van der Waals surface area contributed by atoms with E-state index in [0.29, 0.717) is 22.7 Å². The number of nitrogens with one attached hydrogen (secondary N) is 1. The van der Waals surface area contributed by atoms with E-state index >= 15 is 0 Å². The van der Waals surface area contributed by atoms with E-state index in [0.717, 1.165) is 12.1 Å². The Morgan fingerprint density at radius 1 is 1.12 bits per heavy atom. The fraction of sp³-hybridized carbons (Fsp3) is 0.167. The molecule has 0 atom stereocenters. The van der Waals surface area contributed by atoms with E-state index in [1.54, 1.807) is 43.5 Å². The Bertz CT molecular complexity index is 1260. The second-order valence-corrected chi connectivity index (χ2v) is 7.42. The number of anilines is 2. The SMILES string of the molecule is COc1ccc(C2=Nc3cccnc3N(CC(=O)Nc3cccc(C(F)(F)F)c3)C(=O)C2)cc1. The molecule has 2 heterocycles. The molecule has 1 aliphatic heterocycles. The molecular weight excluding hydrogens is 449 g/mol. The first-order valence-electron chi connectivity index (χ1n) is 10.2. The molecule has 2 amide bonds. The summed E-state index contributed by atoms with van der Waals surface area (Å²) in [6, 6.07) is 14.7. The quantitative estimate of drug-likeness (QED) is 0.593. The van der Waals surface area contributed by atoms with Crippen LogP contribution in [0.1, 0.15) is 17.5 Å². The molecule has 0 fully saturated rings. The summed E-state index contributed by atoms with van der Waals surface area (Å²) in [6.07, 6.45) is -3.17. The van der Waals surface area contributed by atoms with Gasteiger partial charge in [0.1, 0.15) is 18.0 Å². The average molecular weight is 468 g/mol. The van der Waals surface area contributed by atoms with Crippen LogP contribution in [0.25, 0.3) is 0 Å². The average Bonchev–Trinajstić information content (AvgIpc) is 2.95. The van der Waals surface area contributed by atoms with Crippen molar-refractivity contribution in [3.63, 3.8) is 0 Å². The summed E-state index contributed by atoms with van der Waals surface area (Å²) in [7, 11) is 1.55. The summed E-state index contributed by atoms with van der Waals surface area (Å²) < 4.78 is 44.1. The minimum atomic E-state index is -4.54. The van der Waals surface area contributed by atoms with E-state index in [2.05, 4.69) is 15.3 Å². The molecule has 1 N–H and O–H groups in total. The number of halogens is 3. The topological polar surface area (TPSA) is 83.9 Å². The van der Waals surface area contributed by atoms with Crippen molar-refractivity contribution in [2.45, 2.75) is 12.6 Å². The van der Waals surface area contributed by atoms with E-state index in [1.807, 2.05) is 0 Å². The van der Waals surface area contributed by atoms with Crippen molar-refractivity contribution in [2.24, 2.45) is 4.99 Å². The molecule has 174 valence electrons. The Labute approximate surface area is 192 Å². The predicted molar refractivity (Wildman–Crippen MR) is 120 cm³/mol. The van der Waals surface area contributed by atoms with Crippen LogP contribution in [0.5, 0.6) is 5.75 Å². The summed E-state index contributed by atoms with van der Waals surface area (Å²) in [5.41, 5.74) is 0.673. The molecule has 34 heavy (non-hydrogen) atoms. The highest BCUT2D eigenvalue weighted by Crippen LogP contribution is 2.32. The normalized spacial score (nSPS) is 13.6. The molecule has 1 aliphatic rings. The molecule has 0 saturated heterocycles. The summed E-state index contributed by atoms with van der Waals surface area (Å²) in [6.45, 7) is -0.440. The molecule has 7 nitrogen and oxygen atoms in total. The minimum Gasteiger partial charge on any atom is -0.497 e. The largest absolute Gasteiger partial charge is 0.497 e. The lowest BCUT2D eigenvalue weighted by molar-refractivity contribution is -0.137. The van der Waals surface area contributed by atoms with Gasteiger partial charge in [-0.25, -0.2) is 9.98 Å². The van der Waals surface area contributed by atoms with Gasteiger partial charge in [0.15, 0.2) is 5.82 Å². The lowest BCUT2D eigenvalue weighted by Gasteiger charge is -2.20. The Hall–Kier alpha value is -4.21. The van der Waals surface area contributed by atoms with Gasteiger partial charge in [0.25, 0.3) is 0 Å². The molecule has 0 bridgehead atoms. The van der Waals surface area contributed by atoms with Crippen LogP contribution in [0.3, 0.4) is 0 Å². The number of aliphatic imine (C=N–C) groups is 1. The first-order chi connectivity index (χ1) is 16.2. The highest BCUT2D eigenvalue weighted by Gasteiger charge is 2.31. The van der Waals surface area contributed by atoms with Gasteiger partial charge in [-0.1, -0.05) is 6.07 Å². The van der Waals surface area contributed by atoms with Crippen molar-refractivity contribution >= 4 is 34.7 Å². The molecule has 0 radical (unpaired) electrons. The van der Waals surface area contributed by atoms with Crippen LogP contribution in [-0.4, -0.2) is 36.2 Å². The zero-order valence-corrected chi connectivity index (χ0v) is 18.0. The summed E-state index contributed by atoms with van der Waals surface area (Å²) in [5.74, 6) is -0.252. The molecule has 4 rings (SSSR count). The monoisotopic (exact) mass is 468 g/mol. The molecule has 0 unspecified atom stereocenters. The van der Waals surface area contributed by atoms with Crippen molar-refractivity contribution in [3.8, 4) is 5.75 Å². The maximum Gasteiger partial charge on any atom is 0.416 e. The number of rotatable bonds is 5. The number of methoxy groups -OCH3 is 1. The number of pyridine rings is 1. The van der Waals surface area contributed by atoms with E-state index < -0.39 is 30.1 Å². The number of fused-ring (bicyclic) bond motifs is 1. The van der Waals surface area contributed by atoms with Gasteiger partial charge in [-0.15, -0.1) is 0 Å². The standard InChI is InChI=1S/C24H19F3N4O3/c1-34-18-9-7-15(8-10-18)20-13-22(33)31(23-19(30-20)6-3-11-28-23)14-21(32)29-17-5-2-4-16(12-17)24(25,26)27/h2-12H,13-14H2,1H3,(H,29,32). The maximum atomic E-state index is 13.1. The van der Waals surface area contributed by atoms with Crippen molar-refractivity contribution < 1.29 is 27.5 Å². The highest BCUT2D eigenvalue weighted by atomic mass is 19.4. The van der Waals surface area contributed by atoms with Crippen LogP contribution in [0.4, 0.5) is 30.4 Å². The summed E-state index contributed by atoms with van der Waals surface area (Å²) >= 11 is 0. The number of nitrogens with zero attached hydrogens (tertiary/aromatic N) is 3. The molecule has 0 saturated carbocycles. The zero-order chi connectivity index (χ0) is 24.3. The number of hydrogen-bond acceptors (Lipinski definition) is 5. The first kappa shape index (κ1) is 23.0. The first-order valence-corrected chi connectivity index (χ1v) is 10.2. The van der Waals surface area contributed by atoms with Crippen LogP contribution in [0.2, 0.25) is 0 Å². The molecule has 10 heteroatoms. The third-order valence-electron chi connectivity index (χ3n) is 5.10. The fourth-order valence-electron chi connectivity index (χ4n) is 3.46. The number of carbonyl (C=O) groups excluding carboxylic acids is 2. The lowest BCUT2D eigenvalue weighted by atomic mass is 10.1. The Kier molecular flexibility index (Phi) is 6.31. The zero-order valence-electron chi connectivity index (χ0n) is 18.0. The van der Waals surface area contributed by atoms with Crippen molar-refractivity contribution in [1.82, 2.24) is 4.98 Å². The van der Waals surface area contributed by atoms with E-state index in [4.69, 9.17) is 4.74 Å². The fourth-order valence-corrected chi connectivity index (χ4v) is 3.46. The maximum absolute atomic E-state index is 13.1. The second-order valence-electron chi connectivity index (χ2n) is 7.42. The van der Waals surface area contributed by atoms with Gasteiger partial charge in [-0.05, 0) is 60.2 Å². The molecule has 0 aliphatic carbocycles. The van der Waals surface area contributed by atoms with Gasteiger partial charge in [-0.2, -0.15) is 13.2 Å². The number of alkyl halides is 3. The Balaban J connectivity index is 1.57. The lowest BCUT2D eigenvalue weighted by Crippen LogP contribution is -2.39. The third kappa shape index (κ3) is 5.06. The minimum absolute atomic E-state index is 0.0292. The number of carbonyl (C=O) groups is 2. The van der Waals surface area contributed by atoms with Gasteiger partial charge in [-0.3, -0.25) is 14.5 Å². The predicted octanol–water partition coefficient (Wildman–Crippen LogP) is 4.61. The van der Waals surface area contributed by atoms with Gasteiger partial charge in [0.2, 0.25) is 11.8 Å². The summed E-state index contributed by atoms with van der Waals surface area (Å²) in [4.78, 5) is 35.8. The Morgan fingerprint density at radius 2 is 1.88 bits per heavy atom. The number of hydrogen-bond donors (Lipinski definition) is 1. The van der Waals surface area contributed by atoms with E-state index in [9.17, 15) is 22.8 Å². The van der Waals surface area contributed by atoms with Gasteiger partial charge < -0.3 is 10.1 Å². The highest BCUT2D eigenvalue weighted by molar-refractivity contribution is 6.18. The number of benzene rings is 2. The van der Waals surface area contributed by atoms with Crippen LogP contribution in [0.15, 0.2) is 71.9 Å². The third-order valence-corrected chi connectivity index (χ3v) is 5.10. The smallest absolute Gasteiger partial charge is 0.416 e. The van der Waals surface area contributed by atoms with Crippen molar-refractivity contribution in [1.29, 1.82) is 0 Å². The van der Waals surface area contributed by atoms with Gasteiger partial charge in [0.05, 0.1) is 24.8 Å². The van der Waals surface area contributed by atoms with Crippen LogP contribution in [0, 0.1) is 0 Å². The van der Waals surface area contributed by atoms with Crippen LogP contribution < -0.4 is 15.0 Å². The van der Waals surface area contributed by atoms with Crippen molar-refractivity contribution in [3.05, 3.63) is 78.0 Å². The second kappa shape index (κ2) is 9.34. The van der Waals surface area contributed by atoms with Gasteiger partial charge >= 0.3 is 6.18 Å². The molecule has 1 aromatic heterocycles.